The van der Waals surface area contributed by atoms with E-state index >= 15 is 0 Å². The molecule has 1 amide bonds. The second kappa shape index (κ2) is 5.61. The molecular formula is C15H23N3O. The third kappa shape index (κ3) is 3.47. The number of hydrogen-bond donors (Lipinski definition) is 2. The zero-order valence-corrected chi connectivity index (χ0v) is 11.9. The lowest BCUT2D eigenvalue weighted by molar-refractivity contribution is -0.126. The lowest BCUT2D eigenvalue weighted by atomic mass is 10.0. The fourth-order valence-electron chi connectivity index (χ4n) is 2.12. The van der Waals surface area contributed by atoms with Gasteiger partial charge in [0.2, 0.25) is 5.91 Å². The number of nitrogens with zero attached hydrogens (tertiary/aromatic N) is 1. The van der Waals surface area contributed by atoms with Crippen LogP contribution in [0.15, 0.2) is 24.3 Å². The Bertz CT molecular complexity index is 456. The van der Waals surface area contributed by atoms with E-state index in [0.29, 0.717) is 6.04 Å². The molecule has 4 nitrogen and oxygen atoms in total. The predicted octanol–water partition coefficient (Wildman–Crippen LogP) is 1.93. The van der Waals surface area contributed by atoms with Crippen molar-refractivity contribution in [2.75, 3.05) is 12.8 Å². The third-order valence-corrected chi connectivity index (χ3v) is 3.92. The first-order valence-corrected chi connectivity index (χ1v) is 6.87. The molecular weight excluding hydrogens is 238 g/mol. The van der Waals surface area contributed by atoms with E-state index in [1.54, 1.807) is 0 Å². The first kappa shape index (κ1) is 13.9. The summed E-state index contributed by atoms with van der Waals surface area (Å²) in [5.74, 6) is 0.112. The molecule has 2 unspecified atom stereocenters. The van der Waals surface area contributed by atoms with Crippen LogP contribution in [0.25, 0.3) is 0 Å². The van der Waals surface area contributed by atoms with Crippen LogP contribution < -0.4 is 11.1 Å². The molecule has 1 fully saturated rings. The zero-order chi connectivity index (χ0) is 14.0. The van der Waals surface area contributed by atoms with Crippen LogP contribution in [0, 0.1) is 0 Å². The van der Waals surface area contributed by atoms with Gasteiger partial charge in [-0.25, -0.2) is 0 Å². The van der Waals surface area contributed by atoms with Crippen molar-refractivity contribution in [3.63, 3.8) is 0 Å². The van der Waals surface area contributed by atoms with Crippen LogP contribution in [-0.2, 0) is 4.79 Å². The summed E-state index contributed by atoms with van der Waals surface area (Å²) in [7, 11) is 1.98. The quantitative estimate of drug-likeness (QED) is 0.796. The number of nitrogens with one attached hydrogen (secondary N) is 1. The zero-order valence-electron chi connectivity index (χ0n) is 11.9. The van der Waals surface area contributed by atoms with Crippen molar-refractivity contribution < 1.29 is 4.79 Å². The minimum absolute atomic E-state index is 0.112. The number of nitrogens with two attached hydrogens (primary N) is 1. The lowest BCUT2D eigenvalue weighted by Crippen LogP contribution is -2.44. The molecule has 1 aliphatic carbocycles. The monoisotopic (exact) mass is 261 g/mol. The van der Waals surface area contributed by atoms with Crippen molar-refractivity contribution in [2.24, 2.45) is 0 Å². The fraction of sp³-hybridized carbons (Fsp3) is 0.533. The van der Waals surface area contributed by atoms with Gasteiger partial charge < -0.3 is 11.1 Å². The predicted molar refractivity (Wildman–Crippen MR) is 77.7 cm³/mol. The van der Waals surface area contributed by atoms with E-state index in [-0.39, 0.29) is 18.0 Å². The molecule has 0 spiro atoms. The Morgan fingerprint density at radius 3 is 2.68 bits per heavy atom. The molecule has 0 aromatic heterocycles. The van der Waals surface area contributed by atoms with E-state index in [0.717, 1.165) is 24.1 Å². The van der Waals surface area contributed by atoms with Crippen molar-refractivity contribution in [2.45, 2.75) is 44.8 Å². The molecule has 0 heterocycles. The van der Waals surface area contributed by atoms with E-state index < -0.39 is 0 Å². The van der Waals surface area contributed by atoms with Crippen LogP contribution in [0.2, 0.25) is 0 Å². The smallest absolute Gasteiger partial charge is 0.237 e. The van der Waals surface area contributed by atoms with Crippen LogP contribution in [0.5, 0.6) is 0 Å². The number of rotatable bonds is 5. The van der Waals surface area contributed by atoms with Crippen LogP contribution in [-0.4, -0.2) is 29.9 Å². The highest BCUT2D eigenvalue weighted by Crippen LogP contribution is 2.23. The molecule has 4 heteroatoms. The van der Waals surface area contributed by atoms with E-state index in [1.807, 2.05) is 38.2 Å². The van der Waals surface area contributed by atoms with E-state index in [2.05, 4.69) is 17.1 Å². The van der Waals surface area contributed by atoms with Crippen LogP contribution in [0.3, 0.4) is 0 Å². The second-order valence-electron chi connectivity index (χ2n) is 5.47. The summed E-state index contributed by atoms with van der Waals surface area (Å²) in [6.07, 6.45) is 2.24. The van der Waals surface area contributed by atoms with Crippen LogP contribution in [0.1, 0.15) is 38.3 Å². The SMILES string of the molecule is CC(C(=O)NC1CC1)N(C)C(C)c1cccc(N)c1. The van der Waals surface area contributed by atoms with Crippen LogP contribution >= 0.6 is 0 Å². The Morgan fingerprint density at radius 2 is 2.11 bits per heavy atom. The molecule has 2 atom stereocenters. The number of carbonyl (C=O) groups is 1. The van der Waals surface area contributed by atoms with E-state index in [4.69, 9.17) is 5.73 Å². The van der Waals surface area contributed by atoms with Crippen molar-refractivity contribution in [3.8, 4) is 0 Å². The number of likely N-dealkylation sites (N-methyl/N-ethyl adjacent to an activating group) is 1. The number of carbonyl (C=O) groups excluding carboxylic acids is 1. The maximum absolute atomic E-state index is 12.1. The average molecular weight is 261 g/mol. The summed E-state index contributed by atoms with van der Waals surface area (Å²) in [4.78, 5) is 14.1. The number of amides is 1. The highest BCUT2D eigenvalue weighted by Gasteiger charge is 2.28. The molecule has 1 aliphatic rings. The summed E-state index contributed by atoms with van der Waals surface area (Å²) in [5, 5.41) is 3.05. The maximum atomic E-state index is 12.1. The van der Waals surface area contributed by atoms with Crippen molar-refractivity contribution in [3.05, 3.63) is 29.8 Å². The second-order valence-corrected chi connectivity index (χ2v) is 5.47. The summed E-state index contributed by atoms with van der Waals surface area (Å²) in [5.41, 5.74) is 7.70. The standard InChI is InChI=1S/C15H23N3O/c1-10(12-5-4-6-13(16)9-12)18(3)11(2)15(19)17-14-7-8-14/h4-6,9-11,14H,7-8,16H2,1-3H3,(H,17,19). The van der Waals surface area contributed by atoms with Gasteiger partial charge in [0.15, 0.2) is 0 Å². The van der Waals surface area contributed by atoms with Crippen molar-refractivity contribution in [1.29, 1.82) is 0 Å². The Balaban J connectivity index is 2.00. The summed E-state index contributed by atoms with van der Waals surface area (Å²) in [6.45, 7) is 4.04. The molecule has 0 aliphatic heterocycles. The first-order valence-electron chi connectivity index (χ1n) is 6.87. The largest absolute Gasteiger partial charge is 0.399 e. The molecule has 2 rings (SSSR count). The number of anilines is 1. The molecule has 1 aromatic rings. The van der Waals surface area contributed by atoms with E-state index in [9.17, 15) is 4.79 Å². The molecule has 0 bridgehead atoms. The molecule has 1 saturated carbocycles. The van der Waals surface area contributed by atoms with Crippen LogP contribution in [0.4, 0.5) is 5.69 Å². The minimum atomic E-state index is -0.142. The van der Waals surface area contributed by atoms with Crippen molar-refractivity contribution >= 4 is 11.6 Å². The Morgan fingerprint density at radius 1 is 1.42 bits per heavy atom. The number of hydrogen-bond acceptors (Lipinski definition) is 3. The minimum Gasteiger partial charge on any atom is -0.399 e. The molecule has 3 N–H and O–H groups in total. The Hall–Kier alpha value is -1.55. The van der Waals surface area contributed by atoms with Crippen molar-refractivity contribution in [1.82, 2.24) is 10.2 Å². The molecule has 104 valence electrons. The normalized spacial score (nSPS) is 18.1. The fourth-order valence-corrected chi connectivity index (χ4v) is 2.12. The van der Waals surface area contributed by atoms with Gasteiger partial charge >= 0.3 is 0 Å². The number of nitrogen functional groups attached to an aromatic ring is 1. The highest BCUT2D eigenvalue weighted by molar-refractivity contribution is 5.81. The summed E-state index contributed by atoms with van der Waals surface area (Å²) < 4.78 is 0. The number of benzene rings is 1. The maximum Gasteiger partial charge on any atom is 0.237 e. The van der Waals surface area contributed by atoms with Gasteiger partial charge in [0.05, 0.1) is 6.04 Å². The molecule has 1 aromatic carbocycles. The topological polar surface area (TPSA) is 58.4 Å². The molecule has 0 saturated heterocycles. The van der Waals surface area contributed by atoms with Gasteiger partial charge in [-0.2, -0.15) is 0 Å². The highest BCUT2D eigenvalue weighted by atomic mass is 16.2. The van der Waals surface area contributed by atoms with Gasteiger partial charge in [-0.1, -0.05) is 12.1 Å². The van der Waals surface area contributed by atoms with E-state index in [1.165, 1.54) is 0 Å². The average Bonchev–Trinajstić information content (AvgIpc) is 3.20. The van der Waals surface area contributed by atoms with Gasteiger partial charge in [0.1, 0.15) is 0 Å². The van der Waals surface area contributed by atoms with Gasteiger partial charge in [-0.3, -0.25) is 9.69 Å². The lowest BCUT2D eigenvalue weighted by Gasteiger charge is -2.30. The Labute approximate surface area is 115 Å². The van der Waals surface area contributed by atoms with Gasteiger partial charge in [-0.05, 0) is 51.4 Å². The summed E-state index contributed by atoms with van der Waals surface area (Å²) in [6, 6.07) is 8.26. The Kier molecular flexibility index (Phi) is 4.10. The first-order chi connectivity index (χ1) is 8.99. The molecule has 19 heavy (non-hydrogen) atoms. The van der Waals surface area contributed by atoms with Gasteiger partial charge in [0.25, 0.3) is 0 Å². The van der Waals surface area contributed by atoms with Gasteiger partial charge in [-0.15, -0.1) is 0 Å². The molecule has 0 radical (unpaired) electrons. The van der Waals surface area contributed by atoms with Gasteiger partial charge in [0, 0.05) is 17.8 Å². The third-order valence-electron chi connectivity index (χ3n) is 3.92. The summed E-state index contributed by atoms with van der Waals surface area (Å²) >= 11 is 0.